The number of nitrogens with zero attached hydrogens (tertiary/aromatic N) is 2. The first-order chi connectivity index (χ1) is 13.0. The first-order valence-corrected chi connectivity index (χ1v) is 9.45. The molecule has 1 saturated carbocycles. The van der Waals surface area contributed by atoms with Gasteiger partial charge in [-0.15, -0.1) is 0 Å². The smallest absolute Gasteiger partial charge is 0.315 e. The lowest BCUT2D eigenvalue weighted by atomic mass is 9.85. The molecule has 3 N–H and O–H groups in total. The number of aromatic nitrogens is 2. The summed E-state index contributed by atoms with van der Waals surface area (Å²) in [6.07, 6.45) is 8.27. The van der Waals surface area contributed by atoms with Crippen LogP contribution in [-0.2, 0) is 0 Å². The average molecular weight is 372 g/mol. The van der Waals surface area contributed by atoms with Crippen LogP contribution in [-0.4, -0.2) is 40.2 Å². The van der Waals surface area contributed by atoms with Crippen molar-refractivity contribution in [1.82, 2.24) is 20.4 Å². The first-order valence-electron chi connectivity index (χ1n) is 9.45. The van der Waals surface area contributed by atoms with Crippen molar-refractivity contribution in [3.05, 3.63) is 42.2 Å². The van der Waals surface area contributed by atoms with Crippen molar-refractivity contribution in [3.8, 4) is 11.4 Å². The number of methoxy groups -OCH3 is 1. The molecular formula is C20H28N4O3. The number of carbonyl (C=O) groups is 1. The van der Waals surface area contributed by atoms with Crippen LogP contribution in [0.2, 0.25) is 0 Å². The van der Waals surface area contributed by atoms with Gasteiger partial charge in [-0.1, -0.05) is 31.4 Å². The van der Waals surface area contributed by atoms with Gasteiger partial charge in [0.1, 0.15) is 11.4 Å². The molecule has 1 heterocycles. The third-order valence-corrected chi connectivity index (χ3v) is 5.14. The number of hydrogen-bond acceptors (Lipinski definition) is 4. The molecule has 1 fully saturated rings. The first kappa shape index (κ1) is 19.2. The Morgan fingerprint density at radius 3 is 2.81 bits per heavy atom. The molecule has 1 aromatic heterocycles. The van der Waals surface area contributed by atoms with Crippen LogP contribution in [0.25, 0.3) is 5.69 Å². The van der Waals surface area contributed by atoms with Gasteiger partial charge in [0, 0.05) is 18.3 Å². The van der Waals surface area contributed by atoms with Gasteiger partial charge in [-0.25, -0.2) is 9.48 Å². The molecule has 0 radical (unpaired) electrons. The van der Waals surface area contributed by atoms with E-state index >= 15 is 0 Å². The number of urea groups is 1. The van der Waals surface area contributed by atoms with Gasteiger partial charge in [0.25, 0.3) is 0 Å². The molecule has 1 aliphatic rings. The fourth-order valence-corrected chi connectivity index (χ4v) is 3.47. The van der Waals surface area contributed by atoms with E-state index in [0.717, 1.165) is 49.1 Å². The topological polar surface area (TPSA) is 88.4 Å². The van der Waals surface area contributed by atoms with Crippen molar-refractivity contribution >= 4 is 6.03 Å². The predicted octanol–water partition coefficient (Wildman–Crippen LogP) is 2.94. The van der Waals surface area contributed by atoms with Gasteiger partial charge in [-0.05, 0) is 31.9 Å². The molecule has 7 nitrogen and oxygen atoms in total. The highest BCUT2D eigenvalue weighted by Gasteiger charge is 2.29. The minimum absolute atomic E-state index is 0.213. The number of hydrogen-bond donors (Lipinski definition) is 3. The number of nitrogens with one attached hydrogen (secondary N) is 2. The van der Waals surface area contributed by atoms with E-state index in [9.17, 15) is 9.90 Å². The summed E-state index contributed by atoms with van der Waals surface area (Å²) in [6, 6.07) is 7.12. The van der Waals surface area contributed by atoms with E-state index in [1.165, 1.54) is 0 Å². The molecular weight excluding hydrogens is 344 g/mol. The Kier molecular flexibility index (Phi) is 6.01. The quantitative estimate of drug-likeness (QED) is 0.727. The second kappa shape index (κ2) is 8.43. The van der Waals surface area contributed by atoms with E-state index in [1.54, 1.807) is 18.0 Å². The third kappa shape index (κ3) is 4.80. The second-order valence-electron chi connectivity index (χ2n) is 7.22. The Labute approximate surface area is 159 Å². The maximum absolute atomic E-state index is 12.2. The highest BCUT2D eigenvalue weighted by atomic mass is 16.5. The van der Waals surface area contributed by atoms with Crippen molar-refractivity contribution in [2.24, 2.45) is 0 Å². The van der Waals surface area contributed by atoms with Crippen molar-refractivity contribution in [1.29, 1.82) is 0 Å². The molecule has 0 bridgehead atoms. The maximum Gasteiger partial charge on any atom is 0.315 e. The number of rotatable bonds is 6. The Hall–Kier alpha value is -2.54. The number of benzene rings is 1. The normalized spacial score (nSPS) is 17.1. The minimum Gasteiger partial charge on any atom is -0.494 e. The van der Waals surface area contributed by atoms with Crippen molar-refractivity contribution in [2.75, 3.05) is 13.7 Å². The van der Waals surface area contributed by atoms with Gasteiger partial charge in [-0.3, -0.25) is 0 Å². The SMILES string of the molecule is COc1ccccc1-n1cc([C@H](C)NC(=O)NCC2(O)CCCCC2)cn1. The fraction of sp³-hybridized carbons (Fsp3) is 0.500. The Balaban J connectivity index is 1.57. The zero-order valence-corrected chi connectivity index (χ0v) is 15.9. The number of amides is 2. The summed E-state index contributed by atoms with van der Waals surface area (Å²) in [5, 5.41) is 20.6. The average Bonchev–Trinajstić information content (AvgIpc) is 3.17. The number of aliphatic hydroxyl groups is 1. The summed E-state index contributed by atoms with van der Waals surface area (Å²) in [5.74, 6) is 0.728. The van der Waals surface area contributed by atoms with Crippen LogP contribution in [0.15, 0.2) is 36.7 Å². The van der Waals surface area contributed by atoms with Gasteiger partial charge in [-0.2, -0.15) is 5.10 Å². The molecule has 1 atom stereocenters. The standard InChI is InChI=1S/C20H28N4O3/c1-15(23-19(25)21-14-20(26)10-6-3-7-11-20)16-12-22-24(13-16)17-8-4-5-9-18(17)27-2/h4-5,8-9,12-13,15,26H,3,6-7,10-11,14H2,1-2H3,(H2,21,23,25)/t15-/m0/s1. The van der Waals surface area contributed by atoms with Crippen molar-refractivity contribution < 1.29 is 14.6 Å². The minimum atomic E-state index is -0.770. The fourth-order valence-electron chi connectivity index (χ4n) is 3.47. The molecule has 3 rings (SSSR count). The highest BCUT2D eigenvalue weighted by molar-refractivity contribution is 5.74. The maximum atomic E-state index is 12.2. The third-order valence-electron chi connectivity index (χ3n) is 5.14. The number of ether oxygens (including phenoxy) is 1. The van der Waals surface area contributed by atoms with Crippen LogP contribution in [0, 0.1) is 0 Å². The van der Waals surface area contributed by atoms with Gasteiger partial charge < -0.3 is 20.5 Å². The second-order valence-corrected chi connectivity index (χ2v) is 7.22. The van der Waals surface area contributed by atoms with Gasteiger partial charge in [0.05, 0.1) is 24.9 Å². The zero-order valence-electron chi connectivity index (χ0n) is 15.9. The van der Waals surface area contributed by atoms with Crippen LogP contribution in [0.4, 0.5) is 4.79 Å². The monoisotopic (exact) mass is 372 g/mol. The summed E-state index contributed by atoms with van der Waals surface area (Å²) < 4.78 is 7.10. The van der Waals surface area contributed by atoms with E-state index in [4.69, 9.17) is 4.74 Å². The van der Waals surface area contributed by atoms with Crippen LogP contribution in [0.5, 0.6) is 5.75 Å². The van der Waals surface area contributed by atoms with E-state index in [-0.39, 0.29) is 18.6 Å². The van der Waals surface area contributed by atoms with Crippen molar-refractivity contribution in [3.63, 3.8) is 0 Å². The number of para-hydroxylation sites is 2. The molecule has 0 saturated heterocycles. The van der Waals surface area contributed by atoms with Gasteiger partial charge in [0.2, 0.25) is 0 Å². The largest absolute Gasteiger partial charge is 0.494 e. The van der Waals surface area contributed by atoms with Crippen LogP contribution in [0.3, 0.4) is 0 Å². The molecule has 7 heteroatoms. The van der Waals surface area contributed by atoms with Crippen molar-refractivity contribution in [2.45, 2.75) is 50.7 Å². The van der Waals surface area contributed by atoms with Crippen LogP contribution < -0.4 is 15.4 Å². The lowest BCUT2D eigenvalue weighted by molar-refractivity contribution is 0.00713. The molecule has 2 amide bonds. The Morgan fingerprint density at radius 1 is 1.33 bits per heavy atom. The zero-order chi connectivity index (χ0) is 19.3. The van der Waals surface area contributed by atoms with E-state index in [1.807, 2.05) is 37.4 Å². The predicted molar refractivity (Wildman–Crippen MR) is 103 cm³/mol. The molecule has 1 aromatic carbocycles. The molecule has 146 valence electrons. The van der Waals surface area contributed by atoms with E-state index in [0.29, 0.717) is 0 Å². The molecule has 0 spiro atoms. The Morgan fingerprint density at radius 2 is 2.07 bits per heavy atom. The number of carbonyl (C=O) groups excluding carboxylic acids is 1. The highest BCUT2D eigenvalue weighted by Crippen LogP contribution is 2.27. The lowest BCUT2D eigenvalue weighted by Crippen LogP contribution is -2.47. The molecule has 1 aliphatic carbocycles. The summed E-state index contributed by atoms with van der Waals surface area (Å²) in [6.45, 7) is 2.19. The summed E-state index contributed by atoms with van der Waals surface area (Å²) >= 11 is 0. The van der Waals surface area contributed by atoms with E-state index in [2.05, 4.69) is 15.7 Å². The van der Waals surface area contributed by atoms with Gasteiger partial charge in [0.15, 0.2) is 0 Å². The van der Waals surface area contributed by atoms with Crippen LogP contribution >= 0.6 is 0 Å². The summed E-state index contributed by atoms with van der Waals surface area (Å²) in [4.78, 5) is 12.2. The molecule has 0 unspecified atom stereocenters. The van der Waals surface area contributed by atoms with E-state index < -0.39 is 5.60 Å². The summed E-state index contributed by atoms with van der Waals surface area (Å²) in [5.41, 5.74) is 0.947. The molecule has 27 heavy (non-hydrogen) atoms. The van der Waals surface area contributed by atoms with Crippen LogP contribution in [0.1, 0.15) is 50.6 Å². The summed E-state index contributed by atoms with van der Waals surface area (Å²) in [7, 11) is 1.62. The Bertz CT molecular complexity index is 768. The lowest BCUT2D eigenvalue weighted by Gasteiger charge is -2.32. The molecule has 2 aromatic rings. The van der Waals surface area contributed by atoms with Gasteiger partial charge >= 0.3 is 6.03 Å². The molecule has 0 aliphatic heterocycles.